The maximum Gasteiger partial charge on any atom is 0.321 e. The van der Waals surface area contributed by atoms with E-state index in [4.69, 9.17) is 19.9 Å². The summed E-state index contributed by atoms with van der Waals surface area (Å²) < 4.78 is 17.4. The van der Waals surface area contributed by atoms with Crippen LogP contribution in [0.1, 0.15) is 48.8 Å². The molecule has 1 aliphatic heterocycles. The molecular formula is C55H82N12O15. The van der Waals surface area contributed by atoms with Gasteiger partial charge in [0.15, 0.2) is 12.2 Å². The highest BCUT2D eigenvalue weighted by Gasteiger charge is 2.29. The van der Waals surface area contributed by atoms with E-state index in [1.165, 1.54) is 12.1 Å². The number of nitrogens with one attached hydrogen (secondary N) is 6. The fourth-order valence-electron chi connectivity index (χ4n) is 8.48. The fourth-order valence-corrected chi connectivity index (χ4v) is 8.48. The van der Waals surface area contributed by atoms with Crippen LogP contribution >= 0.6 is 0 Å². The summed E-state index contributed by atoms with van der Waals surface area (Å²) in [5.74, 6) is -3.86. The van der Waals surface area contributed by atoms with Crippen LogP contribution in [-0.2, 0) is 44.8 Å². The number of carboxylic acid groups (broad SMARTS) is 2. The van der Waals surface area contributed by atoms with Crippen LogP contribution in [0.15, 0.2) is 83.9 Å². The van der Waals surface area contributed by atoms with Crippen LogP contribution in [0.4, 0.5) is 4.79 Å². The molecule has 0 spiro atoms. The third-order valence-electron chi connectivity index (χ3n) is 12.7. The van der Waals surface area contributed by atoms with Crippen molar-refractivity contribution in [2.24, 2.45) is 10.7 Å². The minimum atomic E-state index is -1.61. The predicted octanol–water partition coefficient (Wildman–Crippen LogP) is -1.52. The van der Waals surface area contributed by atoms with E-state index in [0.717, 1.165) is 5.56 Å². The largest absolute Gasteiger partial charge is 0.508 e. The van der Waals surface area contributed by atoms with E-state index in [1.54, 1.807) is 58.0 Å². The van der Waals surface area contributed by atoms with Crippen molar-refractivity contribution in [3.8, 4) is 11.5 Å². The van der Waals surface area contributed by atoms with Crippen LogP contribution in [0, 0.1) is 0 Å². The minimum Gasteiger partial charge on any atom is -0.508 e. The van der Waals surface area contributed by atoms with Gasteiger partial charge in [-0.3, -0.25) is 58.7 Å². The molecule has 3 aromatic carbocycles. The molecule has 1 fully saturated rings. The average molecular weight is 1150 g/mol. The summed E-state index contributed by atoms with van der Waals surface area (Å²) in [5, 5.41) is 64.3. The molecule has 82 heavy (non-hydrogen) atoms. The van der Waals surface area contributed by atoms with E-state index in [9.17, 15) is 59.1 Å². The molecule has 13 N–H and O–H groups in total. The number of ether oxygens (including phenoxy) is 3. The first-order valence-electron chi connectivity index (χ1n) is 27.3. The van der Waals surface area contributed by atoms with Crippen molar-refractivity contribution >= 4 is 47.6 Å². The van der Waals surface area contributed by atoms with Gasteiger partial charge >= 0.3 is 18.0 Å². The molecule has 2 atom stereocenters. The van der Waals surface area contributed by atoms with Crippen molar-refractivity contribution in [1.82, 2.24) is 51.5 Å². The van der Waals surface area contributed by atoms with E-state index in [2.05, 4.69) is 36.9 Å². The van der Waals surface area contributed by atoms with Crippen molar-refractivity contribution in [2.75, 3.05) is 138 Å². The van der Waals surface area contributed by atoms with Crippen LogP contribution in [-0.4, -0.2) is 243 Å². The molecule has 1 heterocycles. The lowest BCUT2D eigenvalue weighted by atomic mass is 9.90. The van der Waals surface area contributed by atoms with Crippen molar-refractivity contribution < 1.29 is 73.3 Å². The fraction of sp³-hybridized carbons (Fsp3) is 0.527. The standard InChI is InChI=1S/C55H82N12O15/c1-2-46(69)57-18-19-60-55(79)63-54(56)59-17-7-12-45(52(77)61-35-40-13-15-43(68)16-14-40)62-53(78)51(41-8-4-3-5-9-41)42-10-6-11-44(34-42)82-33-32-81-31-30-80-29-20-58-47(70)36-64-21-23-65(37-48(71)72)25-27-67(39-50(75)76)28-26-66(24-22-64)38-49(73)74/h3-6,8-11,13-16,34,45,48,51,68,71-72H,2,7,12,17-33,35-39H2,1H3,(H,57,69)(H,58,70)(H,61,77)(H,62,78)(H,73,74)(H,75,76)(H4,56,59,60,63,79)/t45-,51?/m1/s1. The van der Waals surface area contributed by atoms with Crippen molar-refractivity contribution in [1.29, 1.82) is 0 Å². The molecule has 27 heteroatoms. The van der Waals surface area contributed by atoms with Crippen LogP contribution in [0.25, 0.3) is 0 Å². The molecular weight excluding hydrogens is 1070 g/mol. The summed E-state index contributed by atoms with van der Waals surface area (Å²) in [6.45, 7) is 5.62. The Bertz CT molecular complexity index is 2460. The van der Waals surface area contributed by atoms with Crippen molar-refractivity contribution in [2.45, 2.75) is 51.0 Å². The van der Waals surface area contributed by atoms with Gasteiger partial charge in [0.1, 0.15) is 24.1 Å². The molecule has 452 valence electrons. The zero-order valence-corrected chi connectivity index (χ0v) is 46.5. The Morgan fingerprint density at radius 1 is 0.634 bits per heavy atom. The number of aliphatic hydroxyl groups excluding tert-OH is 1. The molecule has 4 rings (SSSR count). The monoisotopic (exact) mass is 1150 g/mol. The van der Waals surface area contributed by atoms with Gasteiger partial charge in [0.05, 0.1) is 52.0 Å². The number of hydrogen-bond acceptors (Lipinski definition) is 18. The van der Waals surface area contributed by atoms with Crippen LogP contribution in [0.3, 0.4) is 0 Å². The summed E-state index contributed by atoms with van der Waals surface area (Å²) >= 11 is 0. The highest BCUT2D eigenvalue weighted by atomic mass is 16.5. The van der Waals surface area contributed by atoms with Gasteiger partial charge in [-0.15, -0.1) is 0 Å². The molecule has 6 amide bonds. The molecule has 0 aromatic heterocycles. The molecule has 1 unspecified atom stereocenters. The lowest BCUT2D eigenvalue weighted by molar-refractivity contribution is -0.140. The van der Waals surface area contributed by atoms with Gasteiger partial charge in [0, 0.05) is 98.0 Å². The van der Waals surface area contributed by atoms with Crippen molar-refractivity contribution in [3.05, 3.63) is 95.6 Å². The molecule has 0 bridgehead atoms. The number of nitrogens with two attached hydrogens (primary N) is 1. The zero-order valence-electron chi connectivity index (χ0n) is 46.5. The third-order valence-corrected chi connectivity index (χ3v) is 12.7. The number of amides is 6. The number of phenols is 1. The van der Waals surface area contributed by atoms with Crippen LogP contribution < -0.4 is 42.4 Å². The van der Waals surface area contributed by atoms with E-state index in [-0.39, 0.29) is 135 Å². The number of guanidine groups is 1. The number of aromatic hydroxyl groups is 1. The number of rotatable bonds is 33. The topological polar surface area (TPSA) is 372 Å². The van der Waals surface area contributed by atoms with Crippen LogP contribution in [0.5, 0.6) is 11.5 Å². The Labute approximate surface area is 477 Å². The molecule has 0 aliphatic carbocycles. The number of aliphatic imine (C=N–C) groups is 1. The first-order valence-corrected chi connectivity index (χ1v) is 27.3. The maximum atomic E-state index is 14.4. The number of urea groups is 1. The van der Waals surface area contributed by atoms with E-state index >= 15 is 0 Å². The van der Waals surface area contributed by atoms with Crippen LogP contribution in [0.2, 0.25) is 0 Å². The SMILES string of the molecule is CCC(=O)NCCNC(=O)NC(N)=NCCC[C@@H](NC(=O)C(c1ccccc1)c1cccc(OCCOCCOCCNC(=O)CN2CCN(CC(=O)O)CCN(CC(=O)O)CCN(CC(O)O)CC2)c1)C(=O)NCc1ccc(O)cc1. The number of β-amino-alcohol motifs (C(OH)–C–C–N with tert-alkyl or cyclic N) is 2. The number of aliphatic hydroxyl groups is 2. The smallest absolute Gasteiger partial charge is 0.321 e. The van der Waals surface area contributed by atoms with Gasteiger partial charge in [-0.2, -0.15) is 0 Å². The second-order valence-electron chi connectivity index (χ2n) is 19.2. The number of nitrogens with zero attached hydrogens (tertiary/aromatic N) is 5. The predicted molar refractivity (Wildman–Crippen MR) is 302 cm³/mol. The summed E-state index contributed by atoms with van der Waals surface area (Å²) in [4.78, 5) is 99.3. The highest BCUT2D eigenvalue weighted by molar-refractivity contribution is 5.95. The highest BCUT2D eigenvalue weighted by Crippen LogP contribution is 2.28. The molecule has 1 aliphatic rings. The number of carbonyl (C=O) groups is 7. The van der Waals surface area contributed by atoms with E-state index < -0.39 is 48.0 Å². The maximum absolute atomic E-state index is 14.4. The molecule has 3 aromatic rings. The van der Waals surface area contributed by atoms with Gasteiger partial charge in [0.2, 0.25) is 23.6 Å². The summed E-state index contributed by atoms with van der Waals surface area (Å²) in [6.07, 6.45) is -0.847. The first-order chi connectivity index (χ1) is 39.5. The lowest BCUT2D eigenvalue weighted by Crippen LogP contribution is -2.50. The van der Waals surface area contributed by atoms with Gasteiger partial charge in [-0.25, -0.2) is 4.79 Å². The Balaban J connectivity index is 1.25. The molecule has 0 saturated carbocycles. The van der Waals surface area contributed by atoms with Gasteiger partial charge < -0.3 is 72.1 Å². The number of aliphatic carboxylic acids is 2. The number of phenolic OH excluding ortho intramolecular Hbond substituents is 1. The normalized spacial score (nSPS) is 15.0. The van der Waals surface area contributed by atoms with Crippen molar-refractivity contribution in [3.63, 3.8) is 0 Å². The summed E-state index contributed by atoms with van der Waals surface area (Å²) in [7, 11) is 0. The Morgan fingerprint density at radius 2 is 1.21 bits per heavy atom. The van der Waals surface area contributed by atoms with E-state index in [1.807, 2.05) is 35.2 Å². The number of carboxylic acids is 2. The Hall–Kier alpha value is -7.50. The second kappa shape index (κ2) is 38.2. The van der Waals surface area contributed by atoms with Gasteiger partial charge in [-0.1, -0.05) is 61.5 Å². The number of hydrogen-bond donors (Lipinski definition) is 12. The first kappa shape index (κ1) is 67.0. The quantitative estimate of drug-likeness (QED) is 0.0143. The average Bonchev–Trinajstić information content (AvgIpc) is 3.64. The van der Waals surface area contributed by atoms with E-state index in [0.29, 0.717) is 69.0 Å². The third kappa shape index (κ3) is 28.3. The lowest BCUT2D eigenvalue weighted by Gasteiger charge is -2.33. The minimum absolute atomic E-state index is 0.000466. The Kier molecular flexibility index (Phi) is 31.3. The number of benzene rings is 3. The second-order valence-corrected chi connectivity index (χ2v) is 19.2. The summed E-state index contributed by atoms with van der Waals surface area (Å²) in [5.41, 5.74) is 7.92. The van der Waals surface area contributed by atoms with Gasteiger partial charge in [0.25, 0.3) is 0 Å². The zero-order chi connectivity index (χ0) is 59.5. The Morgan fingerprint density at radius 3 is 1.83 bits per heavy atom. The molecule has 1 saturated heterocycles. The van der Waals surface area contributed by atoms with Gasteiger partial charge in [-0.05, 0) is 53.8 Å². The summed E-state index contributed by atoms with van der Waals surface area (Å²) in [6, 6.07) is 20.9. The number of carbonyl (C=O) groups excluding carboxylic acids is 5. The molecule has 0 radical (unpaired) electrons. The molecule has 27 nitrogen and oxygen atoms in total.